The fourth-order valence-corrected chi connectivity index (χ4v) is 1.31. The van der Waals surface area contributed by atoms with E-state index in [1.54, 1.807) is 0 Å². The molecule has 4 heteroatoms. The van der Waals surface area contributed by atoms with Crippen LogP contribution in [0.2, 0.25) is 0 Å². The van der Waals surface area contributed by atoms with E-state index in [0.29, 0.717) is 6.54 Å². The summed E-state index contributed by atoms with van der Waals surface area (Å²) < 4.78 is 0. The van der Waals surface area contributed by atoms with Crippen molar-refractivity contribution in [3.05, 3.63) is 0 Å². The van der Waals surface area contributed by atoms with E-state index >= 15 is 0 Å². The van der Waals surface area contributed by atoms with Crippen LogP contribution in [0, 0.1) is 0 Å². The van der Waals surface area contributed by atoms with Crippen molar-refractivity contribution in [1.29, 1.82) is 0 Å². The summed E-state index contributed by atoms with van der Waals surface area (Å²) in [6.07, 6.45) is 2.04. The van der Waals surface area contributed by atoms with Gasteiger partial charge in [0.15, 0.2) is 0 Å². The molecule has 4 nitrogen and oxygen atoms in total. The van der Waals surface area contributed by atoms with Gasteiger partial charge >= 0.3 is 0 Å². The molecule has 0 bridgehead atoms. The fraction of sp³-hybridized carbons (Fsp3) is 0.875. The molecule has 1 aliphatic rings. The third kappa shape index (κ3) is 2.46. The first-order chi connectivity index (χ1) is 5.74. The number of nitrogens with two attached hydrogens (primary N) is 1. The van der Waals surface area contributed by atoms with Gasteiger partial charge in [-0.25, -0.2) is 0 Å². The van der Waals surface area contributed by atoms with Crippen molar-refractivity contribution in [2.24, 2.45) is 5.73 Å². The maximum atomic E-state index is 11.4. The highest BCUT2D eigenvalue weighted by Gasteiger charge is 2.22. The molecule has 1 rings (SSSR count). The number of hydrogen-bond donors (Lipinski definition) is 3. The molecular weight excluding hydrogens is 154 g/mol. The fourth-order valence-electron chi connectivity index (χ4n) is 1.31. The highest BCUT2D eigenvalue weighted by Crippen LogP contribution is 2.04. The number of amides is 1. The average molecular weight is 171 g/mol. The van der Waals surface area contributed by atoms with Crippen LogP contribution in [0.15, 0.2) is 0 Å². The molecule has 0 aromatic heterocycles. The molecule has 0 radical (unpaired) electrons. The van der Waals surface area contributed by atoms with E-state index < -0.39 is 0 Å². The van der Waals surface area contributed by atoms with Crippen LogP contribution in [0.1, 0.15) is 19.8 Å². The van der Waals surface area contributed by atoms with Crippen LogP contribution in [-0.2, 0) is 4.79 Å². The Labute approximate surface area is 72.9 Å². The van der Waals surface area contributed by atoms with Crippen molar-refractivity contribution in [2.45, 2.75) is 31.8 Å². The molecule has 1 saturated heterocycles. The summed E-state index contributed by atoms with van der Waals surface area (Å²) in [5.74, 6) is 0.0884. The smallest absolute Gasteiger partial charge is 0.237 e. The minimum absolute atomic E-state index is 0.0130. The Bertz CT molecular complexity index is 154. The van der Waals surface area contributed by atoms with E-state index in [0.717, 1.165) is 19.4 Å². The zero-order chi connectivity index (χ0) is 8.97. The second-order valence-electron chi connectivity index (χ2n) is 3.29. The molecule has 1 fully saturated rings. The zero-order valence-corrected chi connectivity index (χ0v) is 7.47. The molecule has 12 heavy (non-hydrogen) atoms. The van der Waals surface area contributed by atoms with Gasteiger partial charge in [-0.05, 0) is 26.3 Å². The Hall–Kier alpha value is -0.610. The Morgan fingerprint density at radius 3 is 3.08 bits per heavy atom. The van der Waals surface area contributed by atoms with Crippen LogP contribution in [0.4, 0.5) is 0 Å². The van der Waals surface area contributed by atoms with E-state index in [1.165, 1.54) is 0 Å². The summed E-state index contributed by atoms with van der Waals surface area (Å²) in [6.45, 7) is 3.36. The Morgan fingerprint density at radius 1 is 1.83 bits per heavy atom. The van der Waals surface area contributed by atoms with Gasteiger partial charge in [0, 0.05) is 12.6 Å². The molecule has 0 spiro atoms. The van der Waals surface area contributed by atoms with Gasteiger partial charge in [-0.15, -0.1) is 0 Å². The van der Waals surface area contributed by atoms with Crippen molar-refractivity contribution >= 4 is 5.91 Å². The number of nitrogens with one attached hydrogen (secondary N) is 2. The number of carbonyl (C=O) groups is 1. The lowest BCUT2D eigenvalue weighted by molar-refractivity contribution is -0.123. The summed E-state index contributed by atoms with van der Waals surface area (Å²) in [5, 5.41) is 5.98. The van der Waals surface area contributed by atoms with Crippen LogP contribution >= 0.6 is 0 Å². The first-order valence-electron chi connectivity index (χ1n) is 4.48. The minimum atomic E-state index is 0.0130. The molecule has 0 unspecified atom stereocenters. The maximum absolute atomic E-state index is 11.4. The Morgan fingerprint density at radius 2 is 2.58 bits per heavy atom. The van der Waals surface area contributed by atoms with E-state index in [-0.39, 0.29) is 18.0 Å². The van der Waals surface area contributed by atoms with Crippen LogP contribution in [0.3, 0.4) is 0 Å². The molecule has 0 saturated carbocycles. The van der Waals surface area contributed by atoms with Crippen LogP contribution < -0.4 is 16.4 Å². The second-order valence-corrected chi connectivity index (χ2v) is 3.29. The predicted molar refractivity (Wildman–Crippen MR) is 47.7 cm³/mol. The highest BCUT2D eigenvalue weighted by atomic mass is 16.2. The van der Waals surface area contributed by atoms with Crippen molar-refractivity contribution in [3.8, 4) is 0 Å². The van der Waals surface area contributed by atoms with Crippen LogP contribution in [0.25, 0.3) is 0 Å². The van der Waals surface area contributed by atoms with Crippen molar-refractivity contribution in [2.75, 3.05) is 13.1 Å². The molecule has 1 heterocycles. The van der Waals surface area contributed by atoms with Gasteiger partial charge in [0.1, 0.15) is 0 Å². The monoisotopic (exact) mass is 171 g/mol. The highest BCUT2D eigenvalue weighted by molar-refractivity contribution is 5.82. The van der Waals surface area contributed by atoms with Gasteiger partial charge in [-0.1, -0.05) is 0 Å². The Balaban J connectivity index is 2.27. The molecule has 0 aromatic carbocycles. The summed E-state index contributed by atoms with van der Waals surface area (Å²) in [6, 6.07) is 0.0962. The van der Waals surface area contributed by atoms with Crippen molar-refractivity contribution in [1.82, 2.24) is 10.6 Å². The normalized spacial score (nSPS) is 25.3. The molecule has 70 valence electrons. The molecular formula is C8H17N3O. The molecule has 0 aromatic rings. The lowest BCUT2D eigenvalue weighted by Crippen LogP contribution is -2.46. The quantitative estimate of drug-likeness (QED) is 0.521. The third-order valence-electron chi connectivity index (χ3n) is 2.12. The zero-order valence-electron chi connectivity index (χ0n) is 7.47. The first kappa shape index (κ1) is 9.48. The van der Waals surface area contributed by atoms with Gasteiger partial charge in [0.05, 0.1) is 6.04 Å². The molecule has 1 aliphatic heterocycles. The SMILES string of the molecule is C[C@@H](CN)NC(=O)[C@H]1CCCN1. The number of rotatable bonds is 3. The van der Waals surface area contributed by atoms with Crippen LogP contribution in [-0.4, -0.2) is 31.1 Å². The topological polar surface area (TPSA) is 67.1 Å². The molecule has 1 amide bonds. The standard InChI is InChI=1S/C8H17N3O/c1-6(5-9)11-8(12)7-3-2-4-10-7/h6-7,10H,2-5,9H2,1H3,(H,11,12)/t6-,7+/m0/s1. The van der Waals surface area contributed by atoms with Crippen molar-refractivity contribution < 1.29 is 4.79 Å². The summed E-state index contributed by atoms with van der Waals surface area (Å²) in [5.41, 5.74) is 5.38. The van der Waals surface area contributed by atoms with Gasteiger partial charge in [-0.3, -0.25) is 4.79 Å². The number of carbonyl (C=O) groups excluding carboxylic acids is 1. The lowest BCUT2D eigenvalue weighted by atomic mass is 10.2. The van der Waals surface area contributed by atoms with Crippen molar-refractivity contribution in [3.63, 3.8) is 0 Å². The van der Waals surface area contributed by atoms with E-state index in [4.69, 9.17) is 5.73 Å². The maximum Gasteiger partial charge on any atom is 0.237 e. The Kier molecular flexibility index (Phi) is 3.49. The average Bonchev–Trinajstić information content (AvgIpc) is 2.56. The second kappa shape index (κ2) is 4.42. The van der Waals surface area contributed by atoms with Gasteiger partial charge < -0.3 is 16.4 Å². The van der Waals surface area contributed by atoms with E-state index in [2.05, 4.69) is 10.6 Å². The molecule has 0 aliphatic carbocycles. The summed E-state index contributed by atoms with van der Waals surface area (Å²) >= 11 is 0. The largest absolute Gasteiger partial charge is 0.351 e. The predicted octanol–water partition coefficient (Wildman–Crippen LogP) is -0.798. The van der Waals surface area contributed by atoms with Gasteiger partial charge in [0.2, 0.25) is 5.91 Å². The summed E-state index contributed by atoms with van der Waals surface area (Å²) in [7, 11) is 0. The van der Waals surface area contributed by atoms with Gasteiger partial charge in [0.25, 0.3) is 0 Å². The van der Waals surface area contributed by atoms with E-state index in [9.17, 15) is 4.79 Å². The minimum Gasteiger partial charge on any atom is -0.351 e. The summed E-state index contributed by atoms with van der Waals surface area (Å²) in [4.78, 5) is 11.4. The lowest BCUT2D eigenvalue weighted by Gasteiger charge is -2.15. The number of hydrogen-bond acceptors (Lipinski definition) is 3. The van der Waals surface area contributed by atoms with Gasteiger partial charge in [-0.2, -0.15) is 0 Å². The van der Waals surface area contributed by atoms with Crippen LogP contribution in [0.5, 0.6) is 0 Å². The molecule has 4 N–H and O–H groups in total. The first-order valence-corrected chi connectivity index (χ1v) is 4.48. The van der Waals surface area contributed by atoms with E-state index in [1.807, 2.05) is 6.92 Å². The molecule has 2 atom stereocenters. The third-order valence-corrected chi connectivity index (χ3v) is 2.12.